The summed E-state index contributed by atoms with van der Waals surface area (Å²) in [5.41, 5.74) is 2.80. The van der Waals surface area contributed by atoms with Crippen LogP contribution in [0.25, 0.3) is 0 Å². The zero-order chi connectivity index (χ0) is 17.6. The Kier molecular flexibility index (Phi) is 5.47. The number of thioether (sulfide) groups is 1. The Hall–Kier alpha value is -2.64. The van der Waals surface area contributed by atoms with E-state index in [0.717, 1.165) is 22.0 Å². The summed E-state index contributed by atoms with van der Waals surface area (Å²) in [4.78, 5) is 14.9. The van der Waals surface area contributed by atoms with E-state index in [4.69, 9.17) is 0 Å². The molecule has 0 bridgehead atoms. The maximum absolute atomic E-state index is 10.9. The third-order valence-electron chi connectivity index (χ3n) is 3.74. The molecule has 0 saturated heterocycles. The number of benzene rings is 2. The van der Waals surface area contributed by atoms with Crippen LogP contribution in [-0.2, 0) is 18.9 Å². The summed E-state index contributed by atoms with van der Waals surface area (Å²) in [6.07, 6.45) is 1.67. The van der Waals surface area contributed by atoms with Gasteiger partial charge in [0.2, 0.25) is 0 Å². The zero-order valence-corrected chi connectivity index (χ0v) is 14.2. The lowest BCUT2D eigenvalue weighted by molar-refractivity contribution is -0.384. The first-order valence-electron chi connectivity index (χ1n) is 7.72. The van der Waals surface area contributed by atoms with E-state index in [1.165, 1.54) is 17.8 Å². The van der Waals surface area contributed by atoms with Crippen LogP contribution in [0.2, 0.25) is 0 Å². The fourth-order valence-electron chi connectivity index (χ4n) is 2.48. The average Bonchev–Trinajstić information content (AvgIpc) is 3.02. The van der Waals surface area contributed by atoms with Crippen molar-refractivity contribution in [1.82, 2.24) is 9.55 Å². The van der Waals surface area contributed by atoms with Crippen LogP contribution in [0.3, 0.4) is 0 Å². The van der Waals surface area contributed by atoms with Crippen molar-refractivity contribution in [1.29, 1.82) is 0 Å². The number of aliphatic hydroxyl groups is 1. The molecule has 3 aromatic rings. The van der Waals surface area contributed by atoms with Gasteiger partial charge in [0.05, 0.1) is 23.4 Å². The second-order valence-corrected chi connectivity index (χ2v) is 6.42. The summed E-state index contributed by atoms with van der Waals surface area (Å²) in [5, 5.41) is 21.2. The van der Waals surface area contributed by atoms with Crippen LogP contribution in [0.1, 0.15) is 16.8 Å². The summed E-state index contributed by atoms with van der Waals surface area (Å²) < 4.78 is 1.97. The van der Waals surface area contributed by atoms with Crippen LogP contribution >= 0.6 is 11.8 Å². The average molecular weight is 355 g/mol. The highest BCUT2D eigenvalue weighted by molar-refractivity contribution is 7.98. The quantitative estimate of drug-likeness (QED) is 0.398. The monoisotopic (exact) mass is 355 g/mol. The van der Waals surface area contributed by atoms with Gasteiger partial charge >= 0.3 is 0 Å². The minimum absolute atomic E-state index is 0.0850. The van der Waals surface area contributed by atoms with Crippen molar-refractivity contribution < 1.29 is 10.0 Å². The molecular weight excluding hydrogens is 338 g/mol. The molecule has 25 heavy (non-hydrogen) atoms. The number of nitro benzene ring substituents is 1. The van der Waals surface area contributed by atoms with Crippen molar-refractivity contribution in [2.75, 3.05) is 0 Å². The van der Waals surface area contributed by atoms with Crippen LogP contribution in [0.4, 0.5) is 5.69 Å². The second kappa shape index (κ2) is 7.96. The predicted octanol–water partition coefficient (Wildman–Crippen LogP) is 3.62. The van der Waals surface area contributed by atoms with Gasteiger partial charge in [-0.2, -0.15) is 0 Å². The van der Waals surface area contributed by atoms with E-state index in [0.29, 0.717) is 12.3 Å². The van der Waals surface area contributed by atoms with Crippen molar-refractivity contribution in [2.45, 2.75) is 24.1 Å². The largest absolute Gasteiger partial charge is 0.390 e. The Labute approximate surface area is 149 Å². The SMILES string of the molecule is O=[N+]([O-])c1cccc(CSc2ncc(CO)n2Cc2ccccc2)c1. The van der Waals surface area contributed by atoms with Gasteiger partial charge in [-0.05, 0) is 11.1 Å². The summed E-state index contributed by atoms with van der Waals surface area (Å²) in [6, 6.07) is 16.6. The summed E-state index contributed by atoms with van der Waals surface area (Å²) >= 11 is 1.49. The smallest absolute Gasteiger partial charge is 0.269 e. The highest BCUT2D eigenvalue weighted by atomic mass is 32.2. The number of hydrogen-bond donors (Lipinski definition) is 1. The number of nitro groups is 1. The summed E-state index contributed by atoms with van der Waals surface area (Å²) in [6.45, 7) is 0.533. The summed E-state index contributed by atoms with van der Waals surface area (Å²) in [5.74, 6) is 0.568. The van der Waals surface area contributed by atoms with E-state index >= 15 is 0 Å². The van der Waals surface area contributed by atoms with Gasteiger partial charge in [0, 0.05) is 24.4 Å². The van der Waals surface area contributed by atoms with E-state index in [-0.39, 0.29) is 12.3 Å². The Balaban J connectivity index is 1.77. The molecular formula is C18H17N3O3S. The normalized spacial score (nSPS) is 10.8. The zero-order valence-electron chi connectivity index (χ0n) is 13.4. The number of imidazole rings is 1. The van der Waals surface area contributed by atoms with Crippen molar-refractivity contribution in [3.8, 4) is 0 Å². The molecule has 0 spiro atoms. The highest BCUT2D eigenvalue weighted by Crippen LogP contribution is 2.25. The molecule has 0 fully saturated rings. The minimum atomic E-state index is -0.394. The molecule has 0 atom stereocenters. The number of non-ortho nitro benzene ring substituents is 1. The van der Waals surface area contributed by atoms with Crippen molar-refractivity contribution in [3.63, 3.8) is 0 Å². The molecule has 0 radical (unpaired) electrons. The molecule has 0 aliphatic carbocycles. The van der Waals surface area contributed by atoms with Crippen molar-refractivity contribution in [3.05, 3.63) is 87.7 Å². The molecule has 1 heterocycles. The number of nitrogens with zero attached hydrogens (tertiary/aromatic N) is 3. The summed E-state index contributed by atoms with van der Waals surface area (Å²) in [7, 11) is 0. The van der Waals surface area contributed by atoms with E-state index in [1.807, 2.05) is 41.0 Å². The van der Waals surface area contributed by atoms with E-state index in [1.54, 1.807) is 18.3 Å². The van der Waals surface area contributed by atoms with Gasteiger partial charge in [0.15, 0.2) is 5.16 Å². The molecule has 6 nitrogen and oxygen atoms in total. The molecule has 0 unspecified atom stereocenters. The van der Waals surface area contributed by atoms with Crippen LogP contribution in [0.15, 0.2) is 66.0 Å². The maximum atomic E-state index is 10.9. The van der Waals surface area contributed by atoms with Crippen LogP contribution in [-0.4, -0.2) is 19.6 Å². The van der Waals surface area contributed by atoms with E-state index < -0.39 is 4.92 Å². The molecule has 128 valence electrons. The lowest BCUT2D eigenvalue weighted by atomic mass is 10.2. The third-order valence-corrected chi connectivity index (χ3v) is 4.80. The fourth-order valence-corrected chi connectivity index (χ4v) is 3.42. The molecule has 0 aliphatic heterocycles. The predicted molar refractivity (Wildman–Crippen MR) is 96.4 cm³/mol. The Bertz CT molecular complexity index is 865. The topological polar surface area (TPSA) is 81.2 Å². The molecule has 1 aromatic heterocycles. The number of hydrogen-bond acceptors (Lipinski definition) is 5. The lowest BCUT2D eigenvalue weighted by Crippen LogP contribution is -2.06. The molecule has 0 saturated carbocycles. The molecule has 3 rings (SSSR count). The van der Waals surface area contributed by atoms with Gasteiger partial charge in [-0.15, -0.1) is 0 Å². The minimum Gasteiger partial charge on any atom is -0.390 e. The van der Waals surface area contributed by atoms with Gasteiger partial charge in [-0.1, -0.05) is 54.2 Å². The van der Waals surface area contributed by atoms with Gasteiger partial charge in [0.25, 0.3) is 5.69 Å². The Morgan fingerprint density at radius 2 is 1.88 bits per heavy atom. The van der Waals surface area contributed by atoms with Crippen LogP contribution < -0.4 is 0 Å². The standard InChI is InChI=1S/C18H17N3O3S/c22-12-17-10-19-18(20(17)11-14-5-2-1-3-6-14)25-13-15-7-4-8-16(9-15)21(23)24/h1-10,22H,11-13H2. The molecule has 0 aliphatic rings. The molecule has 1 N–H and O–H groups in total. The van der Waals surface area contributed by atoms with Gasteiger partial charge in [0.1, 0.15) is 0 Å². The fraction of sp³-hybridized carbons (Fsp3) is 0.167. The number of rotatable bonds is 7. The maximum Gasteiger partial charge on any atom is 0.269 e. The molecule has 2 aromatic carbocycles. The van der Waals surface area contributed by atoms with E-state index in [9.17, 15) is 15.2 Å². The molecule has 7 heteroatoms. The number of aromatic nitrogens is 2. The van der Waals surface area contributed by atoms with E-state index in [2.05, 4.69) is 4.98 Å². The molecule has 0 amide bonds. The number of aliphatic hydroxyl groups excluding tert-OH is 1. The lowest BCUT2D eigenvalue weighted by Gasteiger charge is -2.11. The second-order valence-electron chi connectivity index (χ2n) is 5.48. The van der Waals surface area contributed by atoms with Crippen molar-refractivity contribution >= 4 is 17.4 Å². The van der Waals surface area contributed by atoms with Crippen molar-refractivity contribution in [2.24, 2.45) is 0 Å². The van der Waals surface area contributed by atoms with Gasteiger partial charge in [-0.25, -0.2) is 4.98 Å². The Morgan fingerprint density at radius 1 is 1.12 bits per heavy atom. The first-order chi connectivity index (χ1) is 12.2. The van der Waals surface area contributed by atoms with Crippen LogP contribution in [0.5, 0.6) is 0 Å². The van der Waals surface area contributed by atoms with Gasteiger partial charge in [-0.3, -0.25) is 10.1 Å². The first kappa shape index (κ1) is 17.2. The Morgan fingerprint density at radius 3 is 2.60 bits per heavy atom. The van der Waals surface area contributed by atoms with Crippen LogP contribution in [0, 0.1) is 10.1 Å². The first-order valence-corrected chi connectivity index (χ1v) is 8.71. The van der Waals surface area contributed by atoms with Gasteiger partial charge < -0.3 is 9.67 Å². The third kappa shape index (κ3) is 4.26. The highest BCUT2D eigenvalue weighted by Gasteiger charge is 2.12.